The highest BCUT2D eigenvalue weighted by Gasteiger charge is 2.49. The summed E-state index contributed by atoms with van der Waals surface area (Å²) in [5, 5.41) is 16.5. The van der Waals surface area contributed by atoms with Gasteiger partial charge in [0, 0.05) is 49.1 Å². The third kappa shape index (κ3) is 7.08. The van der Waals surface area contributed by atoms with Crippen molar-refractivity contribution < 1.29 is 14.3 Å². The number of aliphatic hydroxyl groups excluding tert-OH is 1. The molecule has 3 unspecified atom stereocenters. The third-order valence-corrected chi connectivity index (χ3v) is 16.1. The third-order valence-electron chi connectivity index (χ3n) is 8.77. The Morgan fingerprint density at radius 2 is 1.88 bits per heavy atom. The lowest BCUT2D eigenvalue weighted by Crippen LogP contribution is -2.51. The lowest BCUT2D eigenvalue weighted by atomic mass is 10.1. The van der Waals surface area contributed by atoms with E-state index in [4.69, 9.17) is 16.0 Å². The molecule has 0 bridgehead atoms. The van der Waals surface area contributed by atoms with E-state index in [1.165, 1.54) is 17.7 Å². The number of benzene rings is 1. The summed E-state index contributed by atoms with van der Waals surface area (Å²) in [4.78, 5) is 25.0. The van der Waals surface area contributed by atoms with Crippen LogP contribution in [0.3, 0.4) is 0 Å². The van der Waals surface area contributed by atoms with Crippen LogP contribution in [0.1, 0.15) is 75.2 Å². The van der Waals surface area contributed by atoms with Gasteiger partial charge in [0.15, 0.2) is 0 Å². The van der Waals surface area contributed by atoms with Crippen molar-refractivity contribution in [2.45, 2.75) is 89.7 Å². The number of ketones is 1. The number of hydrogen-bond acceptors (Lipinski definition) is 8. The summed E-state index contributed by atoms with van der Waals surface area (Å²) in [6.07, 6.45) is 4.57. The van der Waals surface area contributed by atoms with Crippen LogP contribution in [0.2, 0.25) is 21.6 Å². The highest BCUT2D eigenvalue weighted by atomic mass is 35.5. The number of halogens is 1. The predicted molar refractivity (Wildman–Crippen MR) is 176 cm³/mol. The molecule has 42 heavy (non-hydrogen) atoms. The minimum Gasteiger partial charge on any atom is -0.413 e. The van der Waals surface area contributed by atoms with E-state index in [1.807, 2.05) is 42.8 Å². The molecule has 0 spiro atoms. The van der Waals surface area contributed by atoms with Gasteiger partial charge in [0.1, 0.15) is 12.1 Å². The molecule has 2 heterocycles. The Bertz CT molecular complexity index is 1330. The molecule has 2 aromatic heterocycles. The Hall–Kier alpha value is -2.30. The Morgan fingerprint density at radius 3 is 2.52 bits per heavy atom. The van der Waals surface area contributed by atoms with Crippen LogP contribution < -0.4 is 10.2 Å². The maximum atomic E-state index is 13.7. The molecule has 1 saturated carbocycles. The molecular weight excluding hydrogens is 584 g/mol. The molecule has 4 rings (SSSR count). The molecule has 3 atom stereocenters. The van der Waals surface area contributed by atoms with E-state index in [-0.39, 0.29) is 30.5 Å². The van der Waals surface area contributed by atoms with E-state index in [9.17, 15) is 9.90 Å². The zero-order valence-corrected chi connectivity index (χ0v) is 28.4. The molecule has 1 fully saturated rings. The van der Waals surface area contributed by atoms with Gasteiger partial charge in [-0.2, -0.15) is 0 Å². The summed E-state index contributed by atoms with van der Waals surface area (Å²) in [6, 6.07) is 9.71. The Morgan fingerprint density at radius 1 is 1.17 bits per heavy atom. The van der Waals surface area contributed by atoms with E-state index >= 15 is 0 Å². The average molecular weight is 629 g/mol. The average Bonchev–Trinajstić information content (AvgIpc) is 3.57. The number of nitrogens with one attached hydrogen (secondary N) is 1. The first-order chi connectivity index (χ1) is 20.0. The van der Waals surface area contributed by atoms with Gasteiger partial charge in [0.2, 0.25) is 14.1 Å². The van der Waals surface area contributed by atoms with Gasteiger partial charge >= 0.3 is 0 Å². The van der Waals surface area contributed by atoms with Crippen molar-refractivity contribution >= 4 is 48.5 Å². The maximum Gasteiger partial charge on any atom is 0.208 e. The predicted octanol–water partition coefficient (Wildman–Crippen LogP) is 7.80. The zero-order valence-electron chi connectivity index (χ0n) is 25.8. The molecule has 0 saturated heterocycles. The number of aromatic nitrogens is 2. The van der Waals surface area contributed by atoms with Crippen molar-refractivity contribution in [3.63, 3.8) is 0 Å². The van der Waals surface area contributed by atoms with Gasteiger partial charge in [-0.3, -0.25) is 4.79 Å². The van der Waals surface area contributed by atoms with Crippen LogP contribution in [0.25, 0.3) is 0 Å². The number of carbonyl (C=O) groups is 1. The van der Waals surface area contributed by atoms with Crippen LogP contribution in [0.15, 0.2) is 48.2 Å². The lowest BCUT2D eigenvalue weighted by Gasteiger charge is -2.45. The summed E-state index contributed by atoms with van der Waals surface area (Å²) in [6.45, 7) is 14.5. The van der Waals surface area contributed by atoms with Crippen LogP contribution in [0, 0.1) is 5.92 Å². The second-order valence-corrected chi connectivity index (χ2v) is 19.3. The normalized spacial score (nSPS) is 19.2. The SMILES string of the molecule is CC(C)[Si](OC1CC(Nc2ncncc2C(=O)c2cc(CN(C)c3cccc(Cl)c3)cs2)CC1CO)(C(C)C)C(C)C. The monoisotopic (exact) mass is 628 g/mol. The number of anilines is 2. The molecule has 3 aromatic rings. The molecule has 2 N–H and O–H groups in total. The molecule has 0 radical (unpaired) electrons. The molecule has 0 amide bonds. The van der Waals surface area contributed by atoms with Crippen LogP contribution in [0.5, 0.6) is 0 Å². The fourth-order valence-corrected chi connectivity index (χ4v) is 13.5. The summed E-state index contributed by atoms with van der Waals surface area (Å²) < 4.78 is 7.10. The molecular formula is C32H45ClN4O3SSi. The molecule has 10 heteroatoms. The van der Waals surface area contributed by atoms with Crippen molar-refractivity contribution in [2.24, 2.45) is 5.92 Å². The van der Waals surface area contributed by atoms with E-state index in [0.29, 0.717) is 44.4 Å². The van der Waals surface area contributed by atoms with Gasteiger partial charge in [0.25, 0.3) is 0 Å². The molecule has 1 aliphatic carbocycles. The maximum absolute atomic E-state index is 13.7. The second-order valence-electron chi connectivity index (χ2n) is 12.5. The van der Waals surface area contributed by atoms with Crippen LogP contribution >= 0.6 is 22.9 Å². The first-order valence-electron chi connectivity index (χ1n) is 14.9. The number of thiophene rings is 1. The van der Waals surface area contributed by atoms with Crippen LogP contribution in [0.4, 0.5) is 11.5 Å². The molecule has 1 aromatic carbocycles. The summed E-state index contributed by atoms with van der Waals surface area (Å²) >= 11 is 7.59. The van der Waals surface area contributed by atoms with Crippen molar-refractivity contribution in [3.05, 3.63) is 69.3 Å². The quantitative estimate of drug-likeness (QED) is 0.147. The van der Waals surface area contributed by atoms with E-state index in [0.717, 1.165) is 24.1 Å². The molecule has 228 valence electrons. The fraction of sp³-hybridized carbons (Fsp3) is 0.531. The Labute approximate surface area is 260 Å². The second kappa shape index (κ2) is 14.0. The topological polar surface area (TPSA) is 87.6 Å². The van der Waals surface area contributed by atoms with Gasteiger partial charge in [-0.1, -0.05) is 59.2 Å². The smallest absolute Gasteiger partial charge is 0.208 e. The van der Waals surface area contributed by atoms with Gasteiger partial charge in [0.05, 0.1) is 16.5 Å². The first-order valence-corrected chi connectivity index (χ1v) is 18.3. The van der Waals surface area contributed by atoms with Gasteiger partial charge in [-0.25, -0.2) is 9.97 Å². The molecule has 7 nitrogen and oxygen atoms in total. The molecule has 0 aliphatic heterocycles. The summed E-state index contributed by atoms with van der Waals surface area (Å²) in [5.74, 6) is 0.474. The van der Waals surface area contributed by atoms with Gasteiger partial charge < -0.3 is 19.7 Å². The zero-order chi connectivity index (χ0) is 30.6. The van der Waals surface area contributed by atoms with E-state index < -0.39 is 8.32 Å². The standard InChI is InChI=1S/C32H45ClN4O3SSi/c1-20(2)42(21(3)4,22(5)6)40-29-14-26(12-24(29)17-38)36-32-28(15-34-19-35-32)31(39)30-11-23(18-41-30)16-37(7)27-10-8-9-25(33)13-27/h8-11,13,15,18-22,24,26,29,38H,12,14,16-17H2,1-7H3,(H,34,35,36). The van der Waals surface area contributed by atoms with Gasteiger partial charge in [-0.15, -0.1) is 11.3 Å². The number of rotatable bonds is 13. The van der Waals surface area contributed by atoms with Crippen LogP contribution in [-0.4, -0.2) is 55.0 Å². The van der Waals surface area contributed by atoms with Gasteiger partial charge in [-0.05, 0) is 64.7 Å². The van der Waals surface area contributed by atoms with E-state index in [2.05, 4.69) is 61.7 Å². The highest BCUT2D eigenvalue weighted by Crippen LogP contribution is 2.46. The number of hydrogen-bond donors (Lipinski definition) is 2. The van der Waals surface area contributed by atoms with Crippen molar-refractivity contribution in [1.82, 2.24) is 9.97 Å². The van der Waals surface area contributed by atoms with Crippen molar-refractivity contribution in [1.29, 1.82) is 0 Å². The van der Waals surface area contributed by atoms with Crippen molar-refractivity contribution in [3.8, 4) is 0 Å². The minimum absolute atomic E-state index is 0.0244. The Kier molecular flexibility index (Phi) is 10.9. The minimum atomic E-state index is -2.11. The fourth-order valence-electron chi connectivity index (χ4n) is 6.80. The molecule has 1 aliphatic rings. The van der Waals surface area contributed by atoms with Crippen molar-refractivity contribution in [2.75, 3.05) is 23.9 Å². The number of aliphatic hydroxyl groups is 1. The van der Waals surface area contributed by atoms with E-state index in [1.54, 1.807) is 6.20 Å². The summed E-state index contributed by atoms with van der Waals surface area (Å²) in [5.41, 5.74) is 3.92. The Balaban J connectivity index is 1.48. The van der Waals surface area contributed by atoms with Crippen LogP contribution in [-0.2, 0) is 11.0 Å². The highest BCUT2D eigenvalue weighted by molar-refractivity contribution is 7.12. The lowest BCUT2D eigenvalue weighted by molar-refractivity contribution is 0.0941. The first kappa shape index (κ1) is 32.6. The summed E-state index contributed by atoms with van der Waals surface area (Å²) in [7, 11) is -0.101. The largest absolute Gasteiger partial charge is 0.413 e. The number of carbonyl (C=O) groups excluding carboxylic acids is 1. The number of nitrogens with zero attached hydrogens (tertiary/aromatic N) is 3.